The largest absolute Gasteiger partial charge is 0.393 e. The second-order valence-electron chi connectivity index (χ2n) is 12.3. The molecule has 0 bridgehead atoms. The Kier molecular flexibility index (Phi) is 6.14. The van der Waals surface area contributed by atoms with Gasteiger partial charge >= 0.3 is 0 Å². The van der Waals surface area contributed by atoms with Gasteiger partial charge < -0.3 is 10.2 Å². The van der Waals surface area contributed by atoms with E-state index in [-0.39, 0.29) is 12.0 Å². The molecule has 3 fully saturated rings. The van der Waals surface area contributed by atoms with Crippen LogP contribution in [0.5, 0.6) is 0 Å². The molecule has 0 spiro atoms. The van der Waals surface area contributed by atoms with Gasteiger partial charge in [0.1, 0.15) is 5.60 Å². The molecule has 0 aromatic carbocycles. The minimum atomic E-state index is -0.907. The molecule has 4 aliphatic carbocycles. The summed E-state index contributed by atoms with van der Waals surface area (Å²) in [5, 5.41) is 21.1. The van der Waals surface area contributed by atoms with Gasteiger partial charge in [-0.3, -0.25) is 0 Å². The van der Waals surface area contributed by atoms with E-state index < -0.39 is 5.60 Å². The van der Waals surface area contributed by atoms with Gasteiger partial charge in [0.15, 0.2) is 0 Å². The van der Waals surface area contributed by atoms with Crippen LogP contribution >= 0.6 is 0 Å². The van der Waals surface area contributed by atoms with Gasteiger partial charge in [0.05, 0.1) is 6.10 Å². The Bertz CT molecular complexity index is 750. The Labute approximate surface area is 190 Å². The van der Waals surface area contributed by atoms with Crippen LogP contribution in [0.4, 0.5) is 0 Å². The molecule has 2 nitrogen and oxygen atoms in total. The van der Waals surface area contributed by atoms with Crippen LogP contribution in [0.25, 0.3) is 0 Å². The van der Waals surface area contributed by atoms with Crippen LogP contribution in [-0.4, -0.2) is 21.9 Å². The van der Waals surface area contributed by atoms with Crippen molar-refractivity contribution in [1.29, 1.82) is 0 Å². The van der Waals surface area contributed by atoms with Gasteiger partial charge in [0, 0.05) is 0 Å². The highest BCUT2D eigenvalue weighted by atomic mass is 16.3. The second kappa shape index (κ2) is 8.17. The Morgan fingerprint density at radius 2 is 1.84 bits per heavy atom. The fourth-order valence-electron chi connectivity index (χ4n) is 8.48. The quantitative estimate of drug-likeness (QED) is 0.481. The van der Waals surface area contributed by atoms with Crippen molar-refractivity contribution in [2.75, 3.05) is 0 Å². The molecule has 0 aromatic rings. The molecule has 9 atom stereocenters. The van der Waals surface area contributed by atoms with Gasteiger partial charge in [-0.1, -0.05) is 71.1 Å². The maximum Gasteiger partial charge on any atom is 0.103 e. The topological polar surface area (TPSA) is 40.5 Å². The highest BCUT2D eigenvalue weighted by Gasteiger charge is 2.59. The van der Waals surface area contributed by atoms with Crippen molar-refractivity contribution in [3.63, 3.8) is 0 Å². The zero-order valence-electron chi connectivity index (χ0n) is 20.6. The maximum absolute atomic E-state index is 10.9. The normalized spacial score (nSPS) is 45.4. The number of hydrogen-bond donors (Lipinski definition) is 2. The first-order valence-corrected chi connectivity index (χ1v) is 13.0. The van der Waals surface area contributed by atoms with Crippen LogP contribution in [0, 0.1) is 46.3 Å². The SMILES string of the molecule is C=C[C@@](O)(/C=C/[C@@H](C)[C@H]1CC[C@H]2[C@@H]3CC=C4C[C@@H](O)CC[C@]4(C)[C@H]3CC[C@]12C)C(C)C. The van der Waals surface area contributed by atoms with E-state index in [9.17, 15) is 10.2 Å². The summed E-state index contributed by atoms with van der Waals surface area (Å²) in [6.45, 7) is 15.5. The Morgan fingerprint density at radius 3 is 2.52 bits per heavy atom. The minimum Gasteiger partial charge on any atom is -0.393 e. The fraction of sp³-hybridized carbons (Fsp3) is 0.793. The lowest BCUT2D eigenvalue weighted by atomic mass is 9.47. The van der Waals surface area contributed by atoms with Crippen molar-refractivity contribution < 1.29 is 10.2 Å². The minimum absolute atomic E-state index is 0.117. The molecule has 0 aliphatic heterocycles. The first-order chi connectivity index (χ1) is 14.5. The highest BCUT2D eigenvalue weighted by molar-refractivity contribution is 5.25. The van der Waals surface area contributed by atoms with E-state index in [1.54, 1.807) is 11.6 Å². The molecule has 2 heteroatoms. The first-order valence-electron chi connectivity index (χ1n) is 13.0. The summed E-state index contributed by atoms with van der Waals surface area (Å²) in [6.07, 6.45) is 18.1. The highest BCUT2D eigenvalue weighted by Crippen LogP contribution is 2.67. The van der Waals surface area contributed by atoms with E-state index in [2.05, 4.69) is 53.3 Å². The van der Waals surface area contributed by atoms with Crippen LogP contribution < -0.4 is 0 Å². The van der Waals surface area contributed by atoms with Crippen molar-refractivity contribution in [2.45, 2.75) is 97.7 Å². The predicted molar refractivity (Wildman–Crippen MR) is 129 cm³/mol. The second-order valence-corrected chi connectivity index (χ2v) is 12.3. The zero-order chi connectivity index (χ0) is 22.6. The van der Waals surface area contributed by atoms with E-state index in [0.717, 1.165) is 30.6 Å². The predicted octanol–water partition coefficient (Wildman–Crippen LogP) is 6.69. The number of rotatable bonds is 5. The van der Waals surface area contributed by atoms with Crippen molar-refractivity contribution in [1.82, 2.24) is 0 Å². The van der Waals surface area contributed by atoms with E-state index in [0.29, 0.717) is 22.7 Å². The molecule has 0 saturated heterocycles. The summed E-state index contributed by atoms with van der Waals surface area (Å²) in [5.74, 6) is 3.74. The lowest BCUT2D eigenvalue weighted by Crippen LogP contribution is -2.50. The summed E-state index contributed by atoms with van der Waals surface area (Å²) >= 11 is 0. The smallest absolute Gasteiger partial charge is 0.103 e. The zero-order valence-corrected chi connectivity index (χ0v) is 20.6. The maximum atomic E-state index is 10.9. The molecule has 3 saturated carbocycles. The number of hydrogen-bond acceptors (Lipinski definition) is 2. The molecule has 0 unspecified atom stereocenters. The summed E-state index contributed by atoms with van der Waals surface area (Å²) in [7, 11) is 0. The Morgan fingerprint density at radius 1 is 1.10 bits per heavy atom. The van der Waals surface area contributed by atoms with Gasteiger partial charge in [0.2, 0.25) is 0 Å². The average molecular weight is 427 g/mol. The molecule has 4 rings (SSSR count). The van der Waals surface area contributed by atoms with Crippen molar-refractivity contribution in [2.24, 2.45) is 46.3 Å². The van der Waals surface area contributed by atoms with Crippen molar-refractivity contribution in [3.05, 3.63) is 36.5 Å². The third kappa shape index (κ3) is 3.70. The van der Waals surface area contributed by atoms with E-state index in [1.165, 1.54) is 38.5 Å². The molecular formula is C29H46O2. The van der Waals surface area contributed by atoms with Crippen LogP contribution in [0.3, 0.4) is 0 Å². The average Bonchev–Trinajstić information content (AvgIpc) is 3.09. The van der Waals surface area contributed by atoms with E-state index >= 15 is 0 Å². The van der Waals surface area contributed by atoms with Crippen LogP contribution in [0.2, 0.25) is 0 Å². The van der Waals surface area contributed by atoms with E-state index in [1.807, 2.05) is 6.08 Å². The molecule has 0 aromatic heterocycles. The van der Waals surface area contributed by atoms with Crippen molar-refractivity contribution >= 4 is 0 Å². The summed E-state index contributed by atoms with van der Waals surface area (Å²) in [5.41, 5.74) is 1.39. The number of aliphatic hydroxyl groups excluding tert-OH is 1. The van der Waals surface area contributed by atoms with Crippen LogP contribution in [0.15, 0.2) is 36.5 Å². The van der Waals surface area contributed by atoms with Gasteiger partial charge in [-0.05, 0) is 97.7 Å². The number of fused-ring (bicyclic) bond motifs is 5. The Hall–Kier alpha value is -0.860. The van der Waals surface area contributed by atoms with Crippen LogP contribution in [0.1, 0.15) is 86.0 Å². The third-order valence-corrected chi connectivity index (χ3v) is 10.7. The molecular weight excluding hydrogens is 380 g/mol. The molecule has 0 radical (unpaired) electrons. The lowest BCUT2D eigenvalue weighted by molar-refractivity contribution is -0.0541. The molecule has 174 valence electrons. The standard InChI is InChI=1S/C29H46O2/c1-7-29(31,19(2)3)17-12-20(4)24-10-11-25-23-9-8-21-18-22(30)13-15-27(21,5)26(23)14-16-28(24,25)6/h7-8,12,17,19-20,22-26,30-31H,1,9-11,13-16,18H2,2-6H3/b17-12+/t20-,22+,23+,24-,25+,26+,27+,28-,29-/m1/s1. The summed E-state index contributed by atoms with van der Waals surface area (Å²) in [6, 6.07) is 0. The molecule has 2 N–H and O–H groups in total. The first kappa shape index (κ1) is 23.3. The molecule has 31 heavy (non-hydrogen) atoms. The Balaban J connectivity index is 1.54. The lowest BCUT2D eigenvalue weighted by Gasteiger charge is -2.58. The van der Waals surface area contributed by atoms with Gasteiger partial charge in [-0.2, -0.15) is 0 Å². The molecule has 4 aliphatic rings. The van der Waals surface area contributed by atoms with Gasteiger partial charge in [-0.25, -0.2) is 0 Å². The van der Waals surface area contributed by atoms with Gasteiger partial charge in [0.25, 0.3) is 0 Å². The molecule has 0 heterocycles. The third-order valence-electron chi connectivity index (χ3n) is 10.7. The number of aliphatic hydroxyl groups is 2. The van der Waals surface area contributed by atoms with E-state index in [4.69, 9.17) is 0 Å². The summed E-state index contributed by atoms with van der Waals surface area (Å²) in [4.78, 5) is 0. The van der Waals surface area contributed by atoms with Gasteiger partial charge in [-0.15, -0.1) is 0 Å². The monoisotopic (exact) mass is 426 g/mol. The van der Waals surface area contributed by atoms with Crippen LogP contribution in [-0.2, 0) is 0 Å². The van der Waals surface area contributed by atoms with Crippen molar-refractivity contribution in [3.8, 4) is 0 Å². The summed E-state index contributed by atoms with van der Waals surface area (Å²) < 4.78 is 0. The number of allylic oxidation sites excluding steroid dienone is 2. The fourth-order valence-corrected chi connectivity index (χ4v) is 8.48. The molecule has 0 amide bonds.